The third-order valence-corrected chi connectivity index (χ3v) is 3.17. The molecule has 0 saturated heterocycles. The lowest BCUT2D eigenvalue weighted by Crippen LogP contribution is -2.09. The van der Waals surface area contributed by atoms with E-state index >= 15 is 0 Å². The molecule has 0 unspecified atom stereocenters. The number of nitrogens with two attached hydrogens (primary N) is 1. The summed E-state index contributed by atoms with van der Waals surface area (Å²) in [5.41, 5.74) is 7.78. The molecule has 0 bridgehead atoms. The summed E-state index contributed by atoms with van der Waals surface area (Å²) in [6, 6.07) is 15.5. The fourth-order valence-corrected chi connectivity index (χ4v) is 2.13. The van der Waals surface area contributed by atoms with Crippen molar-refractivity contribution in [2.24, 2.45) is 5.73 Å². The number of hydrogen-bond acceptors (Lipinski definition) is 2. The Balaban J connectivity index is 1.85. The van der Waals surface area contributed by atoms with E-state index in [1.807, 2.05) is 48.5 Å². The number of ether oxygens (including phenoxy) is 1. The van der Waals surface area contributed by atoms with Gasteiger partial charge >= 0.3 is 0 Å². The Morgan fingerprint density at radius 3 is 2.70 bits per heavy atom. The average Bonchev–Trinajstić information content (AvgIpc) is 2.89. The van der Waals surface area contributed by atoms with Gasteiger partial charge in [-0.1, -0.05) is 30.3 Å². The number of rotatable bonds is 4. The Morgan fingerprint density at radius 1 is 1.15 bits per heavy atom. The van der Waals surface area contributed by atoms with Crippen LogP contribution in [-0.2, 0) is 6.61 Å². The van der Waals surface area contributed by atoms with Crippen molar-refractivity contribution in [3.05, 3.63) is 65.9 Å². The number of aromatic amines is 1. The van der Waals surface area contributed by atoms with Crippen molar-refractivity contribution >= 4 is 16.8 Å². The molecule has 4 heteroatoms. The summed E-state index contributed by atoms with van der Waals surface area (Å²) in [6.07, 6.45) is 1.62. The van der Waals surface area contributed by atoms with E-state index in [1.165, 1.54) is 0 Å². The minimum absolute atomic E-state index is 0.448. The molecule has 0 saturated carbocycles. The molecule has 4 nitrogen and oxygen atoms in total. The van der Waals surface area contributed by atoms with Crippen molar-refractivity contribution in [2.75, 3.05) is 0 Å². The van der Waals surface area contributed by atoms with Gasteiger partial charge in [0.15, 0.2) is 0 Å². The maximum Gasteiger partial charge on any atom is 0.250 e. The molecule has 0 fully saturated rings. The molecule has 1 heterocycles. The molecule has 1 amide bonds. The van der Waals surface area contributed by atoms with Gasteiger partial charge in [0.2, 0.25) is 0 Å². The zero-order valence-electron chi connectivity index (χ0n) is 10.8. The van der Waals surface area contributed by atoms with Gasteiger partial charge in [-0.25, -0.2) is 0 Å². The first-order valence-corrected chi connectivity index (χ1v) is 6.32. The molecule has 3 rings (SSSR count). The van der Waals surface area contributed by atoms with Crippen LogP contribution in [0.5, 0.6) is 5.75 Å². The van der Waals surface area contributed by atoms with Gasteiger partial charge in [-0.3, -0.25) is 4.79 Å². The molecule has 2 aromatic carbocycles. The Hall–Kier alpha value is -2.75. The highest BCUT2D eigenvalue weighted by Crippen LogP contribution is 2.24. The van der Waals surface area contributed by atoms with Crippen LogP contribution in [0, 0.1) is 0 Å². The smallest absolute Gasteiger partial charge is 0.250 e. The zero-order valence-corrected chi connectivity index (χ0v) is 10.8. The van der Waals surface area contributed by atoms with E-state index in [-0.39, 0.29) is 0 Å². The average molecular weight is 266 g/mol. The number of amides is 1. The number of nitrogens with one attached hydrogen (secondary N) is 1. The predicted octanol–water partition coefficient (Wildman–Crippen LogP) is 2.85. The maximum atomic E-state index is 11.3. The quantitative estimate of drug-likeness (QED) is 0.762. The van der Waals surface area contributed by atoms with Crippen LogP contribution in [0.4, 0.5) is 0 Å². The SMILES string of the molecule is NC(=O)c1c[nH]c2ccc(OCc3ccccc3)cc12. The monoisotopic (exact) mass is 266 g/mol. The van der Waals surface area contributed by atoms with Gasteiger partial charge in [-0.05, 0) is 23.8 Å². The Labute approximate surface area is 116 Å². The van der Waals surface area contributed by atoms with Gasteiger partial charge in [-0.15, -0.1) is 0 Å². The van der Waals surface area contributed by atoms with Crippen LogP contribution >= 0.6 is 0 Å². The van der Waals surface area contributed by atoms with Crippen molar-refractivity contribution in [2.45, 2.75) is 6.61 Å². The summed E-state index contributed by atoms with van der Waals surface area (Å²) in [5, 5.41) is 0.781. The number of hydrogen-bond donors (Lipinski definition) is 2. The third kappa shape index (κ3) is 2.36. The van der Waals surface area contributed by atoms with Gasteiger partial charge in [0.05, 0.1) is 5.56 Å². The lowest BCUT2D eigenvalue weighted by molar-refractivity contribution is 0.100. The molecule has 3 aromatic rings. The molecule has 0 aliphatic carbocycles. The molecule has 0 atom stereocenters. The topological polar surface area (TPSA) is 68.1 Å². The van der Waals surface area contributed by atoms with Crippen molar-refractivity contribution in [3.63, 3.8) is 0 Å². The van der Waals surface area contributed by atoms with Crippen LogP contribution in [0.1, 0.15) is 15.9 Å². The number of fused-ring (bicyclic) bond motifs is 1. The number of primary amides is 1. The van der Waals surface area contributed by atoms with Crippen LogP contribution in [-0.4, -0.2) is 10.9 Å². The fraction of sp³-hybridized carbons (Fsp3) is 0.0625. The minimum Gasteiger partial charge on any atom is -0.489 e. The normalized spacial score (nSPS) is 10.6. The van der Waals surface area contributed by atoms with Gasteiger partial charge in [0, 0.05) is 17.1 Å². The molecule has 0 aliphatic heterocycles. The lowest BCUT2D eigenvalue weighted by atomic mass is 10.1. The lowest BCUT2D eigenvalue weighted by Gasteiger charge is -2.06. The summed E-state index contributed by atoms with van der Waals surface area (Å²) < 4.78 is 5.74. The van der Waals surface area contributed by atoms with E-state index in [1.54, 1.807) is 6.20 Å². The van der Waals surface area contributed by atoms with Crippen molar-refractivity contribution in [1.29, 1.82) is 0 Å². The molecule has 3 N–H and O–H groups in total. The fourth-order valence-electron chi connectivity index (χ4n) is 2.13. The second-order valence-corrected chi connectivity index (χ2v) is 4.55. The Kier molecular flexibility index (Phi) is 3.13. The number of benzene rings is 2. The Morgan fingerprint density at radius 2 is 1.95 bits per heavy atom. The number of carbonyl (C=O) groups excluding carboxylic acids is 1. The van der Waals surface area contributed by atoms with Gasteiger partial charge in [0.1, 0.15) is 12.4 Å². The number of aromatic nitrogens is 1. The van der Waals surface area contributed by atoms with Crippen LogP contribution in [0.3, 0.4) is 0 Å². The minimum atomic E-state index is -0.448. The highest BCUT2D eigenvalue weighted by Gasteiger charge is 2.09. The standard InChI is InChI=1S/C16H14N2O2/c17-16(19)14-9-18-15-7-6-12(8-13(14)15)20-10-11-4-2-1-3-5-11/h1-9,18H,10H2,(H2,17,19). The largest absolute Gasteiger partial charge is 0.489 e. The highest BCUT2D eigenvalue weighted by atomic mass is 16.5. The van der Waals surface area contributed by atoms with Gasteiger partial charge in [-0.2, -0.15) is 0 Å². The summed E-state index contributed by atoms with van der Waals surface area (Å²) in [7, 11) is 0. The summed E-state index contributed by atoms with van der Waals surface area (Å²) >= 11 is 0. The second kappa shape index (κ2) is 5.09. The van der Waals surface area contributed by atoms with Crippen LogP contribution in [0.2, 0.25) is 0 Å². The van der Waals surface area contributed by atoms with E-state index < -0.39 is 5.91 Å². The number of H-pyrrole nitrogens is 1. The van der Waals surface area contributed by atoms with Crippen molar-refractivity contribution < 1.29 is 9.53 Å². The molecule has 100 valence electrons. The van der Waals surface area contributed by atoms with Gasteiger partial charge in [0.25, 0.3) is 5.91 Å². The van der Waals surface area contributed by atoms with E-state index in [0.717, 1.165) is 16.5 Å². The molecule has 1 aromatic heterocycles. The molecule has 20 heavy (non-hydrogen) atoms. The first-order chi connectivity index (χ1) is 9.74. The molecular formula is C16H14N2O2. The molecular weight excluding hydrogens is 252 g/mol. The summed E-state index contributed by atoms with van der Waals surface area (Å²) in [4.78, 5) is 14.3. The van der Waals surface area contributed by atoms with E-state index in [4.69, 9.17) is 10.5 Å². The van der Waals surface area contributed by atoms with Gasteiger partial charge < -0.3 is 15.5 Å². The third-order valence-electron chi connectivity index (χ3n) is 3.17. The van der Waals surface area contributed by atoms with E-state index in [0.29, 0.717) is 17.9 Å². The van der Waals surface area contributed by atoms with Crippen LogP contribution < -0.4 is 10.5 Å². The maximum absolute atomic E-state index is 11.3. The molecule has 0 aliphatic rings. The van der Waals surface area contributed by atoms with E-state index in [9.17, 15) is 4.79 Å². The Bertz CT molecular complexity index is 748. The number of carbonyl (C=O) groups is 1. The summed E-state index contributed by atoms with van der Waals surface area (Å²) in [5.74, 6) is 0.264. The van der Waals surface area contributed by atoms with Crippen LogP contribution in [0.25, 0.3) is 10.9 Å². The molecule has 0 spiro atoms. The zero-order chi connectivity index (χ0) is 13.9. The van der Waals surface area contributed by atoms with Crippen molar-refractivity contribution in [3.8, 4) is 5.75 Å². The van der Waals surface area contributed by atoms with E-state index in [2.05, 4.69) is 4.98 Å². The first kappa shape index (κ1) is 12.3. The summed E-state index contributed by atoms with van der Waals surface area (Å²) in [6.45, 7) is 0.489. The molecule has 0 radical (unpaired) electrons. The highest BCUT2D eigenvalue weighted by molar-refractivity contribution is 6.06. The predicted molar refractivity (Wildman–Crippen MR) is 77.6 cm³/mol. The second-order valence-electron chi connectivity index (χ2n) is 4.55. The van der Waals surface area contributed by atoms with Crippen LogP contribution in [0.15, 0.2) is 54.7 Å². The first-order valence-electron chi connectivity index (χ1n) is 6.32. The van der Waals surface area contributed by atoms with Crippen molar-refractivity contribution in [1.82, 2.24) is 4.98 Å².